The van der Waals surface area contributed by atoms with Gasteiger partial charge in [-0.2, -0.15) is 8.42 Å². The van der Waals surface area contributed by atoms with Crippen LogP contribution < -0.4 is 4.18 Å². The standard InChI is InChI=1S/C16H13NO3S/c1-12-7-9-14(10-8-12)20-21(18,19)15-6-2-4-13-5-3-11-17-16(13)15/h2-11H,1H3. The molecule has 1 heterocycles. The highest BCUT2D eigenvalue weighted by Gasteiger charge is 2.20. The average molecular weight is 299 g/mol. The number of nitrogens with zero attached hydrogens (tertiary/aromatic N) is 1. The van der Waals surface area contributed by atoms with Gasteiger partial charge in [-0.05, 0) is 31.2 Å². The van der Waals surface area contributed by atoms with Crippen molar-refractivity contribution in [1.82, 2.24) is 4.98 Å². The van der Waals surface area contributed by atoms with E-state index >= 15 is 0 Å². The van der Waals surface area contributed by atoms with Gasteiger partial charge >= 0.3 is 10.1 Å². The van der Waals surface area contributed by atoms with Crippen molar-refractivity contribution in [2.24, 2.45) is 0 Å². The van der Waals surface area contributed by atoms with E-state index in [-0.39, 0.29) is 10.6 Å². The maximum atomic E-state index is 12.4. The number of pyridine rings is 1. The Hall–Kier alpha value is -2.40. The van der Waals surface area contributed by atoms with Gasteiger partial charge in [-0.15, -0.1) is 0 Å². The largest absolute Gasteiger partial charge is 0.379 e. The molecular weight excluding hydrogens is 286 g/mol. The molecule has 0 bridgehead atoms. The summed E-state index contributed by atoms with van der Waals surface area (Å²) in [4.78, 5) is 4.21. The lowest BCUT2D eigenvalue weighted by molar-refractivity contribution is 0.487. The SMILES string of the molecule is Cc1ccc(OS(=O)(=O)c2cccc3cccnc23)cc1. The second kappa shape index (κ2) is 5.18. The summed E-state index contributed by atoms with van der Waals surface area (Å²) < 4.78 is 30.1. The number of benzene rings is 2. The number of hydrogen-bond acceptors (Lipinski definition) is 4. The monoisotopic (exact) mass is 299 g/mol. The first kappa shape index (κ1) is 13.6. The summed E-state index contributed by atoms with van der Waals surface area (Å²) in [6.07, 6.45) is 1.56. The van der Waals surface area contributed by atoms with E-state index in [1.165, 1.54) is 6.07 Å². The predicted octanol–water partition coefficient (Wildman–Crippen LogP) is 3.31. The molecular formula is C16H13NO3S. The van der Waals surface area contributed by atoms with Crippen molar-refractivity contribution in [3.8, 4) is 5.75 Å². The van der Waals surface area contributed by atoms with Gasteiger partial charge in [0.05, 0.1) is 5.52 Å². The smallest absolute Gasteiger partial charge is 0.341 e. The molecule has 0 amide bonds. The third kappa shape index (κ3) is 2.73. The Bertz CT molecular complexity index is 882. The quantitative estimate of drug-likeness (QED) is 0.696. The zero-order valence-corrected chi connectivity index (χ0v) is 12.2. The number of aromatic nitrogens is 1. The summed E-state index contributed by atoms with van der Waals surface area (Å²) in [7, 11) is -3.92. The summed E-state index contributed by atoms with van der Waals surface area (Å²) >= 11 is 0. The number of aryl methyl sites for hydroxylation is 1. The highest BCUT2D eigenvalue weighted by atomic mass is 32.2. The molecule has 5 heteroatoms. The van der Waals surface area contributed by atoms with Crippen LogP contribution in [0.2, 0.25) is 0 Å². The Morgan fingerprint density at radius 1 is 0.952 bits per heavy atom. The first-order valence-corrected chi connectivity index (χ1v) is 7.82. The zero-order chi connectivity index (χ0) is 14.9. The van der Waals surface area contributed by atoms with Gasteiger partial charge in [-0.1, -0.05) is 35.9 Å². The van der Waals surface area contributed by atoms with Crippen molar-refractivity contribution in [2.45, 2.75) is 11.8 Å². The molecule has 106 valence electrons. The molecule has 0 N–H and O–H groups in total. The van der Waals surface area contributed by atoms with Crippen molar-refractivity contribution in [2.75, 3.05) is 0 Å². The topological polar surface area (TPSA) is 56.3 Å². The summed E-state index contributed by atoms with van der Waals surface area (Å²) in [5.41, 5.74) is 1.44. The van der Waals surface area contributed by atoms with Gasteiger partial charge < -0.3 is 4.18 Å². The highest BCUT2D eigenvalue weighted by Crippen LogP contribution is 2.24. The average Bonchev–Trinajstić information content (AvgIpc) is 2.49. The van der Waals surface area contributed by atoms with Crippen LogP contribution in [0.1, 0.15) is 5.56 Å². The van der Waals surface area contributed by atoms with Crippen LogP contribution in [0.5, 0.6) is 5.75 Å². The molecule has 0 aliphatic carbocycles. The van der Waals surface area contributed by atoms with Crippen LogP contribution >= 0.6 is 0 Å². The first-order chi connectivity index (χ1) is 10.1. The van der Waals surface area contributed by atoms with Crippen molar-refractivity contribution in [1.29, 1.82) is 0 Å². The first-order valence-electron chi connectivity index (χ1n) is 6.41. The van der Waals surface area contributed by atoms with E-state index in [2.05, 4.69) is 4.98 Å². The van der Waals surface area contributed by atoms with Gasteiger partial charge in [-0.25, -0.2) is 0 Å². The third-order valence-corrected chi connectivity index (χ3v) is 4.37. The van der Waals surface area contributed by atoms with Crippen LogP contribution in [0.15, 0.2) is 65.7 Å². The number of para-hydroxylation sites is 1. The van der Waals surface area contributed by atoms with Gasteiger partial charge in [0.15, 0.2) is 0 Å². The molecule has 21 heavy (non-hydrogen) atoms. The molecule has 0 aliphatic rings. The van der Waals surface area contributed by atoms with Gasteiger partial charge in [0, 0.05) is 11.6 Å². The summed E-state index contributed by atoms with van der Waals surface area (Å²) in [6, 6.07) is 15.4. The number of hydrogen-bond donors (Lipinski definition) is 0. The lowest BCUT2D eigenvalue weighted by Gasteiger charge is -2.09. The van der Waals surface area contributed by atoms with Crippen LogP contribution in [-0.4, -0.2) is 13.4 Å². The number of rotatable bonds is 3. The van der Waals surface area contributed by atoms with E-state index in [1.807, 2.05) is 19.1 Å². The number of fused-ring (bicyclic) bond motifs is 1. The van der Waals surface area contributed by atoms with Gasteiger partial charge in [-0.3, -0.25) is 4.98 Å². The zero-order valence-electron chi connectivity index (χ0n) is 11.4. The van der Waals surface area contributed by atoms with Crippen molar-refractivity contribution in [3.63, 3.8) is 0 Å². The third-order valence-electron chi connectivity index (χ3n) is 3.09. The molecule has 0 fully saturated rings. The molecule has 0 unspecified atom stereocenters. The van der Waals surface area contributed by atoms with Crippen LogP contribution in [0, 0.1) is 6.92 Å². The Labute approximate surface area is 123 Å². The van der Waals surface area contributed by atoms with Crippen molar-refractivity contribution in [3.05, 3.63) is 66.4 Å². The Morgan fingerprint density at radius 2 is 1.67 bits per heavy atom. The van der Waals surface area contributed by atoms with Crippen LogP contribution in [0.3, 0.4) is 0 Å². The molecule has 3 rings (SSSR count). The Balaban J connectivity index is 2.06. The van der Waals surface area contributed by atoms with E-state index in [0.29, 0.717) is 5.52 Å². The molecule has 4 nitrogen and oxygen atoms in total. The summed E-state index contributed by atoms with van der Waals surface area (Å²) in [6.45, 7) is 1.92. The fourth-order valence-corrected chi connectivity index (χ4v) is 3.15. The molecule has 0 spiro atoms. The molecule has 0 atom stereocenters. The maximum absolute atomic E-state index is 12.4. The minimum Gasteiger partial charge on any atom is -0.379 e. The fraction of sp³-hybridized carbons (Fsp3) is 0.0625. The minimum atomic E-state index is -3.92. The van der Waals surface area contributed by atoms with E-state index in [9.17, 15) is 8.42 Å². The van der Waals surface area contributed by atoms with Crippen LogP contribution in [0.4, 0.5) is 0 Å². The van der Waals surface area contributed by atoms with Gasteiger partial charge in [0.1, 0.15) is 10.6 Å². The van der Waals surface area contributed by atoms with Crippen molar-refractivity contribution < 1.29 is 12.6 Å². The maximum Gasteiger partial charge on any atom is 0.341 e. The van der Waals surface area contributed by atoms with Crippen LogP contribution in [0.25, 0.3) is 10.9 Å². The molecule has 2 aromatic carbocycles. The highest BCUT2D eigenvalue weighted by molar-refractivity contribution is 7.87. The minimum absolute atomic E-state index is 0.0705. The molecule has 0 aliphatic heterocycles. The normalized spacial score (nSPS) is 11.5. The van der Waals surface area contributed by atoms with Crippen LogP contribution in [-0.2, 0) is 10.1 Å². The lowest BCUT2D eigenvalue weighted by atomic mass is 10.2. The Morgan fingerprint density at radius 3 is 2.43 bits per heavy atom. The van der Waals surface area contributed by atoms with Crippen molar-refractivity contribution >= 4 is 21.0 Å². The molecule has 0 saturated carbocycles. The summed E-state index contributed by atoms with van der Waals surface area (Å²) in [5, 5.41) is 0.756. The molecule has 0 saturated heterocycles. The van der Waals surface area contributed by atoms with Gasteiger partial charge in [0.25, 0.3) is 0 Å². The molecule has 3 aromatic rings. The van der Waals surface area contributed by atoms with E-state index in [1.54, 1.807) is 42.6 Å². The second-order valence-electron chi connectivity index (χ2n) is 4.68. The Kier molecular flexibility index (Phi) is 3.35. The van der Waals surface area contributed by atoms with E-state index < -0.39 is 10.1 Å². The van der Waals surface area contributed by atoms with E-state index in [4.69, 9.17) is 4.18 Å². The van der Waals surface area contributed by atoms with E-state index in [0.717, 1.165) is 10.9 Å². The lowest BCUT2D eigenvalue weighted by Crippen LogP contribution is -2.10. The van der Waals surface area contributed by atoms with Gasteiger partial charge in [0.2, 0.25) is 0 Å². The molecule has 1 aromatic heterocycles. The predicted molar refractivity (Wildman–Crippen MR) is 80.7 cm³/mol. The molecule has 0 radical (unpaired) electrons. The summed E-state index contributed by atoms with van der Waals surface area (Å²) in [5.74, 6) is 0.286. The fourth-order valence-electron chi connectivity index (χ4n) is 2.04. The second-order valence-corrected chi connectivity index (χ2v) is 6.20.